The highest BCUT2D eigenvalue weighted by Gasteiger charge is 2.07. The van der Waals surface area contributed by atoms with Gasteiger partial charge in [-0.05, 0) is 17.7 Å². The summed E-state index contributed by atoms with van der Waals surface area (Å²) < 4.78 is 0.923. The van der Waals surface area contributed by atoms with E-state index in [1.807, 2.05) is 32.0 Å². The van der Waals surface area contributed by atoms with Gasteiger partial charge in [-0.3, -0.25) is 4.79 Å². The molecule has 0 unspecified atom stereocenters. The monoisotopic (exact) mass is 270 g/mol. The van der Waals surface area contributed by atoms with Crippen LogP contribution in [0.5, 0.6) is 0 Å². The van der Waals surface area contributed by atoms with Gasteiger partial charge in [0.1, 0.15) is 0 Å². The molecule has 0 atom stereocenters. The van der Waals surface area contributed by atoms with Gasteiger partial charge in [-0.2, -0.15) is 0 Å². The van der Waals surface area contributed by atoms with E-state index in [9.17, 15) is 4.79 Å². The Morgan fingerprint density at radius 3 is 2.67 bits per heavy atom. The van der Waals surface area contributed by atoms with Crippen molar-refractivity contribution < 1.29 is 4.79 Å². The first kappa shape index (κ1) is 12.2. The van der Waals surface area contributed by atoms with Crippen LogP contribution in [0.4, 0.5) is 5.69 Å². The number of amides is 1. The Labute approximate surface area is 98.2 Å². The van der Waals surface area contributed by atoms with Gasteiger partial charge in [-0.25, -0.2) is 0 Å². The van der Waals surface area contributed by atoms with Crippen molar-refractivity contribution in [1.82, 2.24) is 0 Å². The van der Waals surface area contributed by atoms with Crippen molar-refractivity contribution in [2.75, 3.05) is 5.32 Å². The van der Waals surface area contributed by atoms with E-state index in [-0.39, 0.29) is 11.8 Å². The minimum Gasteiger partial charge on any atom is -0.326 e. The van der Waals surface area contributed by atoms with Crippen LogP contribution in [0.3, 0.4) is 0 Å². The Morgan fingerprint density at radius 2 is 2.20 bits per heavy atom. The van der Waals surface area contributed by atoms with Crippen LogP contribution in [0, 0.1) is 5.92 Å². The van der Waals surface area contributed by atoms with Crippen LogP contribution in [0.25, 0.3) is 0 Å². The van der Waals surface area contributed by atoms with Gasteiger partial charge in [0.25, 0.3) is 0 Å². The Bertz CT molecular complexity index is 364. The second-order valence-electron chi connectivity index (χ2n) is 3.65. The first-order valence-corrected chi connectivity index (χ1v) is 5.63. The minimum absolute atomic E-state index is 0.0158. The summed E-state index contributed by atoms with van der Waals surface area (Å²) in [6.07, 6.45) is 0. The van der Waals surface area contributed by atoms with Crippen LogP contribution in [-0.2, 0) is 11.3 Å². The van der Waals surface area contributed by atoms with Crippen LogP contribution in [0.1, 0.15) is 19.4 Å². The molecule has 0 saturated heterocycles. The maximum atomic E-state index is 11.4. The zero-order valence-electron chi connectivity index (χ0n) is 8.88. The van der Waals surface area contributed by atoms with E-state index in [1.165, 1.54) is 0 Å². The van der Waals surface area contributed by atoms with E-state index in [0.717, 1.165) is 15.7 Å². The maximum Gasteiger partial charge on any atom is 0.226 e. The smallest absolute Gasteiger partial charge is 0.226 e. The lowest BCUT2D eigenvalue weighted by Crippen LogP contribution is -2.17. The number of halogens is 1. The minimum atomic E-state index is -0.0158. The molecule has 0 aromatic heterocycles. The van der Waals surface area contributed by atoms with E-state index in [4.69, 9.17) is 5.73 Å². The fourth-order valence-electron chi connectivity index (χ4n) is 1.08. The lowest BCUT2D eigenvalue weighted by molar-refractivity contribution is -0.118. The summed E-state index contributed by atoms with van der Waals surface area (Å²) in [5.74, 6) is 0.000332. The molecule has 0 aliphatic carbocycles. The van der Waals surface area contributed by atoms with Crippen molar-refractivity contribution in [2.45, 2.75) is 20.4 Å². The van der Waals surface area contributed by atoms with Crippen molar-refractivity contribution in [3.05, 3.63) is 28.2 Å². The quantitative estimate of drug-likeness (QED) is 0.887. The molecule has 1 amide bonds. The van der Waals surface area contributed by atoms with Gasteiger partial charge < -0.3 is 11.1 Å². The number of carbonyl (C=O) groups is 1. The third-order valence-electron chi connectivity index (χ3n) is 2.06. The number of benzene rings is 1. The summed E-state index contributed by atoms with van der Waals surface area (Å²) >= 11 is 3.40. The first-order valence-electron chi connectivity index (χ1n) is 4.84. The highest BCUT2D eigenvalue weighted by molar-refractivity contribution is 9.10. The van der Waals surface area contributed by atoms with Gasteiger partial charge >= 0.3 is 0 Å². The van der Waals surface area contributed by atoms with E-state index < -0.39 is 0 Å². The molecule has 15 heavy (non-hydrogen) atoms. The van der Waals surface area contributed by atoms with Gasteiger partial charge in [0.15, 0.2) is 0 Å². The number of nitrogens with two attached hydrogens (primary N) is 1. The van der Waals surface area contributed by atoms with E-state index in [2.05, 4.69) is 21.2 Å². The largest absolute Gasteiger partial charge is 0.326 e. The van der Waals surface area contributed by atoms with Crippen LogP contribution in [-0.4, -0.2) is 5.91 Å². The topological polar surface area (TPSA) is 55.1 Å². The molecule has 3 N–H and O–H groups in total. The Morgan fingerprint density at radius 1 is 1.53 bits per heavy atom. The predicted octanol–water partition coefficient (Wildman–Crippen LogP) is 2.50. The first-order chi connectivity index (χ1) is 7.04. The summed E-state index contributed by atoms with van der Waals surface area (Å²) in [5, 5.41) is 2.82. The zero-order valence-corrected chi connectivity index (χ0v) is 10.5. The zero-order chi connectivity index (χ0) is 11.4. The normalized spacial score (nSPS) is 10.5. The molecule has 0 spiro atoms. The molecule has 0 saturated carbocycles. The average molecular weight is 271 g/mol. The molecule has 4 heteroatoms. The fourth-order valence-corrected chi connectivity index (χ4v) is 1.62. The number of hydrogen-bond donors (Lipinski definition) is 2. The molecule has 0 radical (unpaired) electrons. The van der Waals surface area contributed by atoms with Crippen LogP contribution >= 0.6 is 15.9 Å². The van der Waals surface area contributed by atoms with Crippen molar-refractivity contribution >= 4 is 27.5 Å². The van der Waals surface area contributed by atoms with Gasteiger partial charge in [0.2, 0.25) is 5.91 Å². The summed E-state index contributed by atoms with van der Waals surface area (Å²) in [7, 11) is 0. The van der Waals surface area contributed by atoms with Gasteiger partial charge in [-0.15, -0.1) is 0 Å². The molecule has 0 fully saturated rings. The van der Waals surface area contributed by atoms with Gasteiger partial charge in [0, 0.05) is 22.6 Å². The molecule has 0 aliphatic rings. The number of hydrogen-bond acceptors (Lipinski definition) is 2. The fraction of sp³-hybridized carbons (Fsp3) is 0.364. The molecule has 0 heterocycles. The molecule has 1 aromatic rings. The number of carbonyl (C=O) groups excluding carboxylic acids is 1. The highest BCUT2D eigenvalue weighted by atomic mass is 79.9. The highest BCUT2D eigenvalue weighted by Crippen LogP contribution is 2.21. The van der Waals surface area contributed by atoms with Gasteiger partial charge in [0.05, 0.1) is 0 Å². The van der Waals surface area contributed by atoms with Crippen LogP contribution in [0.2, 0.25) is 0 Å². The van der Waals surface area contributed by atoms with Crippen LogP contribution < -0.4 is 11.1 Å². The second kappa shape index (κ2) is 5.28. The molecule has 1 rings (SSSR count). The SMILES string of the molecule is CC(C)C(=O)Nc1ccc(CN)c(Br)c1. The summed E-state index contributed by atoms with van der Waals surface area (Å²) in [6.45, 7) is 4.20. The van der Waals surface area contributed by atoms with Crippen molar-refractivity contribution in [1.29, 1.82) is 0 Å². The lowest BCUT2D eigenvalue weighted by atomic mass is 10.2. The molecule has 0 aliphatic heterocycles. The molecule has 3 nitrogen and oxygen atoms in total. The van der Waals surface area contributed by atoms with Crippen molar-refractivity contribution in [3.8, 4) is 0 Å². The summed E-state index contributed by atoms with van der Waals surface area (Å²) in [5.41, 5.74) is 7.35. The third kappa shape index (κ3) is 3.32. The molecule has 1 aromatic carbocycles. The standard InChI is InChI=1S/C11H15BrN2O/c1-7(2)11(15)14-9-4-3-8(6-13)10(12)5-9/h3-5,7H,6,13H2,1-2H3,(H,14,15). The van der Waals surface area contributed by atoms with Crippen molar-refractivity contribution in [2.24, 2.45) is 11.7 Å². The molecule has 0 bridgehead atoms. The maximum absolute atomic E-state index is 11.4. The third-order valence-corrected chi connectivity index (χ3v) is 2.80. The van der Waals surface area contributed by atoms with E-state index in [1.54, 1.807) is 0 Å². The van der Waals surface area contributed by atoms with E-state index in [0.29, 0.717) is 6.54 Å². The number of nitrogens with one attached hydrogen (secondary N) is 1. The lowest BCUT2D eigenvalue weighted by Gasteiger charge is -2.09. The predicted molar refractivity (Wildman–Crippen MR) is 65.5 cm³/mol. The summed E-state index contributed by atoms with van der Waals surface area (Å²) in [4.78, 5) is 11.4. The molecule has 82 valence electrons. The second-order valence-corrected chi connectivity index (χ2v) is 4.51. The van der Waals surface area contributed by atoms with Crippen LogP contribution in [0.15, 0.2) is 22.7 Å². The molecular weight excluding hydrogens is 256 g/mol. The van der Waals surface area contributed by atoms with Gasteiger partial charge in [-0.1, -0.05) is 35.8 Å². The van der Waals surface area contributed by atoms with Crippen molar-refractivity contribution in [3.63, 3.8) is 0 Å². The Hall–Kier alpha value is -0.870. The molecular formula is C11H15BrN2O. The Kier molecular flexibility index (Phi) is 4.29. The number of anilines is 1. The Balaban J connectivity index is 2.80. The number of rotatable bonds is 3. The van der Waals surface area contributed by atoms with E-state index >= 15 is 0 Å². The average Bonchev–Trinajstić information content (AvgIpc) is 2.18. The summed E-state index contributed by atoms with van der Waals surface area (Å²) in [6, 6.07) is 5.62.